The number of anilines is 3. The van der Waals surface area contributed by atoms with E-state index < -0.39 is 17.7 Å². The van der Waals surface area contributed by atoms with Crippen LogP contribution in [-0.2, 0) is 0 Å². The van der Waals surface area contributed by atoms with Crippen molar-refractivity contribution in [2.75, 3.05) is 23.4 Å². The van der Waals surface area contributed by atoms with Crippen molar-refractivity contribution >= 4 is 46.4 Å². The Bertz CT molecular complexity index is 1060. The van der Waals surface area contributed by atoms with Crippen LogP contribution in [0.4, 0.5) is 17.1 Å². The SMILES string of the molecule is CNC(=O)c1[nH]cnc1C(=O)Nc1ccc(NC(=O)c2c(N)cccc2Cl)cc1. The molecule has 0 unspecified atom stereocenters. The van der Waals surface area contributed by atoms with Crippen LogP contribution in [0.3, 0.4) is 0 Å². The second-order valence-corrected chi connectivity index (χ2v) is 6.30. The Balaban J connectivity index is 1.69. The van der Waals surface area contributed by atoms with Crippen LogP contribution in [-0.4, -0.2) is 34.7 Å². The molecule has 0 aliphatic carbocycles. The first-order chi connectivity index (χ1) is 13.9. The van der Waals surface area contributed by atoms with Crippen LogP contribution in [0.1, 0.15) is 31.3 Å². The average molecular weight is 413 g/mol. The van der Waals surface area contributed by atoms with E-state index in [9.17, 15) is 14.4 Å². The molecule has 0 saturated carbocycles. The quantitative estimate of drug-likeness (QED) is 0.409. The Morgan fingerprint density at radius 1 is 0.966 bits per heavy atom. The maximum Gasteiger partial charge on any atom is 0.276 e. The molecule has 1 aromatic heterocycles. The number of amides is 3. The molecule has 3 aromatic rings. The molecule has 6 N–H and O–H groups in total. The number of carbonyl (C=O) groups excluding carboxylic acids is 3. The number of nitrogen functional groups attached to an aromatic ring is 1. The summed E-state index contributed by atoms with van der Waals surface area (Å²) in [5.41, 5.74) is 7.24. The van der Waals surface area contributed by atoms with Crippen LogP contribution >= 0.6 is 11.6 Å². The number of nitrogens with two attached hydrogens (primary N) is 1. The van der Waals surface area contributed by atoms with Gasteiger partial charge < -0.3 is 26.7 Å². The molecule has 148 valence electrons. The first kappa shape index (κ1) is 19.9. The fourth-order valence-electron chi connectivity index (χ4n) is 2.57. The third kappa shape index (κ3) is 4.36. The number of aromatic amines is 1. The Labute approximate surface area is 170 Å². The lowest BCUT2D eigenvalue weighted by atomic mass is 10.1. The van der Waals surface area contributed by atoms with Crippen molar-refractivity contribution in [3.05, 3.63) is 70.8 Å². The number of imidazole rings is 1. The van der Waals surface area contributed by atoms with Crippen LogP contribution in [0.25, 0.3) is 0 Å². The van der Waals surface area contributed by atoms with E-state index in [1.54, 1.807) is 42.5 Å². The molecule has 0 aliphatic heterocycles. The molecule has 0 radical (unpaired) electrons. The summed E-state index contributed by atoms with van der Waals surface area (Å²) in [4.78, 5) is 43.0. The van der Waals surface area contributed by atoms with Crippen LogP contribution < -0.4 is 21.7 Å². The van der Waals surface area contributed by atoms with E-state index in [1.807, 2.05) is 0 Å². The van der Waals surface area contributed by atoms with E-state index in [0.29, 0.717) is 11.4 Å². The molecular formula is C19H17ClN6O3. The van der Waals surface area contributed by atoms with E-state index in [2.05, 4.69) is 25.9 Å². The number of halogens is 1. The summed E-state index contributed by atoms with van der Waals surface area (Å²) in [7, 11) is 1.45. The van der Waals surface area contributed by atoms with Crippen molar-refractivity contribution in [3.63, 3.8) is 0 Å². The second kappa shape index (κ2) is 8.44. The number of aromatic nitrogens is 2. The predicted octanol–water partition coefficient (Wildman–Crippen LogP) is 2.51. The Kier molecular flexibility index (Phi) is 5.79. The number of nitrogens with one attached hydrogen (secondary N) is 4. The topological polar surface area (TPSA) is 142 Å². The molecule has 0 atom stereocenters. The zero-order valence-corrected chi connectivity index (χ0v) is 16.0. The van der Waals surface area contributed by atoms with Crippen molar-refractivity contribution in [2.24, 2.45) is 0 Å². The molecule has 9 nitrogen and oxygen atoms in total. The minimum atomic E-state index is -0.550. The Hall–Kier alpha value is -3.85. The summed E-state index contributed by atoms with van der Waals surface area (Å²) < 4.78 is 0. The normalized spacial score (nSPS) is 10.3. The fraction of sp³-hybridized carbons (Fsp3) is 0.0526. The molecule has 10 heteroatoms. The standard InChI is InChI=1S/C19H17ClN6O3/c1-22-18(28)15-16(24-9-23-15)19(29)26-11-7-5-10(6-8-11)25-17(27)14-12(20)3-2-4-13(14)21/h2-9H,21H2,1H3,(H,22,28)(H,23,24)(H,25,27)(H,26,29). The molecule has 1 heterocycles. The minimum Gasteiger partial charge on any atom is -0.398 e. The Morgan fingerprint density at radius 3 is 2.17 bits per heavy atom. The van der Waals surface area contributed by atoms with Gasteiger partial charge in [0.1, 0.15) is 5.69 Å². The molecule has 0 fully saturated rings. The number of hydrogen-bond acceptors (Lipinski definition) is 5. The zero-order chi connectivity index (χ0) is 21.0. The number of hydrogen-bond donors (Lipinski definition) is 5. The molecule has 0 aliphatic rings. The third-order valence-electron chi connectivity index (χ3n) is 3.98. The van der Waals surface area contributed by atoms with Crippen LogP contribution in [0.2, 0.25) is 5.02 Å². The van der Waals surface area contributed by atoms with Crippen molar-refractivity contribution in [1.29, 1.82) is 0 Å². The summed E-state index contributed by atoms with van der Waals surface area (Å²) in [5, 5.41) is 8.00. The molecule has 0 saturated heterocycles. The highest BCUT2D eigenvalue weighted by Gasteiger charge is 2.19. The molecule has 29 heavy (non-hydrogen) atoms. The lowest BCUT2D eigenvalue weighted by Gasteiger charge is -2.10. The van der Waals surface area contributed by atoms with Gasteiger partial charge in [-0.3, -0.25) is 14.4 Å². The van der Waals surface area contributed by atoms with E-state index in [-0.39, 0.29) is 27.7 Å². The summed E-state index contributed by atoms with van der Waals surface area (Å²) in [6, 6.07) is 11.2. The predicted molar refractivity (Wildman–Crippen MR) is 110 cm³/mol. The van der Waals surface area contributed by atoms with Gasteiger partial charge in [0.05, 0.1) is 16.9 Å². The van der Waals surface area contributed by atoms with Gasteiger partial charge >= 0.3 is 0 Å². The molecule has 3 rings (SSSR count). The zero-order valence-electron chi connectivity index (χ0n) is 15.2. The van der Waals surface area contributed by atoms with Gasteiger partial charge in [-0.2, -0.15) is 0 Å². The second-order valence-electron chi connectivity index (χ2n) is 5.89. The highest BCUT2D eigenvalue weighted by molar-refractivity contribution is 6.35. The van der Waals surface area contributed by atoms with E-state index in [0.717, 1.165) is 0 Å². The van der Waals surface area contributed by atoms with Crippen molar-refractivity contribution in [3.8, 4) is 0 Å². The molecule has 0 bridgehead atoms. The van der Waals surface area contributed by atoms with Gasteiger partial charge in [0, 0.05) is 24.1 Å². The fourth-order valence-corrected chi connectivity index (χ4v) is 2.83. The highest BCUT2D eigenvalue weighted by atomic mass is 35.5. The smallest absolute Gasteiger partial charge is 0.276 e. The van der Waals surface area contributed by atoms with Gasteiger partial charge in [-0.15, -0.1) is 0 Å². The number of H-pyrrole nitrogens is 1. The van der Waals surface area contributed by atoms with Gasteiger partial charge in [-0.25, -0.2) is 4.98 Å². The van der Waals surface area contributed by atoms with E-state index in [4.69, 9.17) is 17.3 Å². The monoisotopic (exact) mass is 412 g/mol. The molecule has 0 spiro atoms. The van der Waals surface area contributed by atoms with E-state index in [1.165, 1.54) is 13.4 Å². The summed E-state index contributed by atoms with van der Waals surface area (Å²) in [6.07, 6.45) is 1.26. The first-order valence-electron chi connectivity index (χ1n) is 8.43. The molecule has 3 amide bonds. The summed E-state index contributed by atoms with van der Waals surface area (Å²) in [5.74, 6) is -1.45. The van der Waals surface area contributed by atoms with Gasteiger partial charge in [-0.1, -0.05) is 17.7 Å². The van der Waals surface area contributed by atoms with Crippen LogP contribution in [0.15, 0.2) is 48.8 Å². The van der Waals surface area contributed by atoms with Crippen molar-refractivity contribution in [2.45, 2.75) is 0 Å². The third-order valence-corrected chi connectivity index (χ3v) is 4.30. The highest BCUT2D eigenvalue weighted by Crippen LogP contribution is 2.23. The maximum absolute atomic E-state index is 12.4. The van der Waals surface area contributed by atoms with Crippen molar-refractivity contribution < 1.29 is 14.4 Å². The largest absolute Gasteiger partial charge is 0.398 e. The number of carbonyl (C=O) groups is 3. The van der Waals surface area contributed by atoms with Crippen molar-refractivity contribution in [1.82, 2.24) is 15.3 Å². The number of nitrogens with zero attached hydrogens (tertiary/aromatic N) is 1. The van der Waals surface area contributed by atoms with Gasteiger partial charge in [0.15, 0.2) is 5.69 Å². The van der Waals surface area contributed by atoms with Gasteiger partial charge in [0.2, 0.25) is 0 Å². The number of rotatable bonds is 5. The summed E-state index contributed by atoms with van der Waals surface area (Å²) >= 11 is 6.04. The summed E-state index contributed by atoms with van der Waals surface area (Å²) in [6.45, 7) is 0. The van der Waals surface area contributed by atoms with Gasteiger partial charge in [-0.05, 0) is 36.4 Å². The van der Waals surface area contributed by atoms with Gasteiger partial charge in [0.25, 0.3) is 17.7 Å². The maximum atomic E-state index is 12.4. The molecule has 2 aromatic carbocycles. The van der Waals surface area contributed by atoms with E-state index >= 15 is 0 Å². The first-order valence-corrected chi connectivity index (χ1v) is 8.80. The Morgan fingerprint density at radius 2 is 1.59 bits per heavy atom. The van der Waals surface area contributed by atoms with Crippen LogP contribution in [0.5, 0.6) is 0 Å². The minimum absolute atomic E-state index is 0.0316. The lowest BCUT2D eigenvalue weighted by Crippen LogP contribution is -2.23. The van der Waals surface area contributed by atoms with Crippen LogP contribution in [0, 0.1) is 0 Å². The molecular weight excluding hydrogens is 396 g/mol. The average Bonchev–Trinajstić information content (AvgIpc) is 3.19. The number of benzene rings is 2. The lowest BCUT2D eigenvalue weighted by molar-refractivity contribution is 0.0943.